The average molecular weight is 553 g/mol. The van der Waals surface area contributed by atoms with Gasteiger partial charge in [0.1, 0.15) is 0 Å². The molecular formula is C21H37IN4O3S. The first kappa shape index (κ1) is 27.1. The molecule has 1 aromatic carbocycles. The third kappa shape index (κ3) is 9.93. The van der Waals surface area contributed by atoms with Crippen LogP contribution in [0.15, 0.2) is 34.2 Å². The van der Waals surface area contributed by atoms with Crippen LogP contribution >= 0.6 is 24.0 Å². The molecule has 9 heteroatoms. The van der Waals surface area contributed by atoms with Crippen LogP contribution in [-0.4, -0.2) is 48.2 Å². The third-order valence-electron chi connectivity index (χ3n) is 5.32. The van der Waals surface area contributed by atoms with Gasteiger partial charge in [-0.1, -0.05) is 44.2 Å². The Hall–Kier alpha value is -0.910. The van der Waals surface area contributed by atoms with Crippen LogP contribution in [0, 0.1) is 5.92 Å². The van der Waals surface area contributed by atoms with Gasteiger partial charge in [0.25, 0.3) is 0 Å². The van der Waals surface area contributed by atoms with E-state index in [0.29, 0.717) is 13.2 Å². The molecule has 1 aromatic rings. The lowest BCUT2D eigenvalue weighted by Crippen LogP contribution is -2.37. The summed E-state index contributed by atoms with van der Waals surface area (Å²) in [6, 6.07) is 6.86. The Morgan fingerprint density at radius 2 is 1.80 bits per heavy atom. The number of aliphatic imine (C=N–C) groups is 1. The summed E-state index contributed by atoms with van der Waals surface area (Å²) in [6.45, 7) is 2.10. The summed E-state index contributed by atoms with van der Waals surface area (Å²) in [5, 5.41) is 6.65. The number of nitrogens with zero attached hydrogens (tertiary/aromatic N) is 1. The quantitative estimate of drug-likeness (QED) is 0.170. The van der Waals surface area contributed by atoms with Crippen molar-refractivity contribution < 1.29 is 13.2 Å². The standard InChI is InChI=1S/C21H36N4O3S.HI/c1-22-21(23-14-6-9-18-7-4-3-5-8-18)24-17-19-10-12-20(13-11-19)29(26,27)25-15-16-28-2;/h10-13,18,25H,3-9,14-17H2,1-2H3,(H2,22,23,24);1H. The molecular weight excluding hydrogens is 515 g/mol. The second kappa shape index (κ2) is 15.0. The van der Waals surface area contributed by atoms with E-state index < -0.39 is 10.0 Å². The SMILES string of the molecule is CN=C(NCCCC1CCCCC1)NCc1ccc(S(=O)(=O)NCCOC)cc1.I. The molecule has 0 amide bonds. The molecule has 3 N–H and O–H groups in total. The van der Waals surface area contributed by atoms with E-state index in [0.717, 1.165) is 30.4 Å². The van der Waals surface area contributed by atoms with Crippen LogP contribution in [0.2, 0.25) is 0 Å². The first-order chi connectivity index (χ1) is 14.0. The normalized spacial score (nSPS) is 15.5. The molecule has 0 heterocycles. The van der Waals surface area contributed by atoms with Gasteiger partial charge in [-0.15, -0.1) is 24.0 Å². The van der Waals surface area contributed by atoms with Crippen molar-refractivity contribution in [3.8, 4) is 0 Å². The van der Waals surface area contributed by atoms with E-state index in [9.17, 15) is 8.42 Å². The zero-order valence-electron chi connectivity index (χ0n) is 18.2. The predicted octanol–water partition coefficient (Wildman–Crippen LogP) is 3.25. The largest absolute Gasteiger partial charge is 0.383 e. The van der Waals surface area contributed by atoms with Crippen LogP contribution in [0.1, 0.15) is 50.5 Å². The van der Waals surface area contributed by atoms with Crippen LogP contribution in [0.25, 0.3) is 0 Å². The topological polar surface area (TPSA) is 91.8 Å². The van der Waals surface area contributed by atoms with Crippen LogP contribution in [-0.2, 0) is 21.3 Å². The zero-order chi connectivity index (χ0) is 21.0. The Kier molecular flexibility index (Phi) is 13.5. The summed E-state index contributed by atoms with van der Waals surface area (Å²) < 4.78 is 31.7. The molecule has 0 atom stereocenters. The first-order valence-corrected chi connectivity index (χ1v) is 12.1. The van der Waals surface area contributed by atoms with Crippen molar-refractivity contribution in [2.45, 2.75) is 56.4 Å². The van der Waals surface area contributed by atoms with Crippen LogP contribution in [0.3, 0.4) is 0 Å². The van der Waals surface area contributed by atoms with Crippen LogP contribution in [0.4, 0.5) is 0 Å². The van der Waals surface area contributed by atoms with Gasteiger partial charge in [-0.05, 0) is 36.5 Å². The fraction of sp³-hybridized carbons (Fsp3) is 0.667. The molecule has 7 nitrogen and oxygen atoms in total. The van der Waals surface area contributed by atoms with E-state index in [2.05, 4.69) is 20.3 Å². The van der Waals surface area contributed by atoms with Gasteiger partial charge in [-0.2, -0.15) is 0 Å². The minimum atomic E-state index is -3.50. The second-order valence-electron chi connectivity index (χ2n) is 7.53. The van der Waals surface area contributed by atoms with Gasteiger partial charge in [0.2, 0.25) is 10.0 Å². The molecule has 0 spiro atoms. The molecule has 0 bridgehead atoms. The molecule has 1 aliphatic carbocycles. The maximum absolute atomic E-state index is 12.2. The fourth-order valence-corrected chi connectivity index (χ4v) is 4.64. The Labute approximate surface area is 198 Å². The van der Waals surface area contributed by atoms with Crippen molar-refractivity contribution in [3.05, 3.63) is 29.8 Å². The maximum Gasteiger partial charge on any atom is 0.240 e. The molecule has 0 aliphatic heterocycles. The highest BCUT2D eigenvalue weighted by molar-refractivity contribution is 14.0. The highest BCUT2D eigenvalue weighted by atomic mass is 127. The number of methoxy groups -OCH3 is 1. The molecule has 1 fully saturated rings. The van der Waals surface area contributed by atoms with Crippen molar-refractivity contribution in [3.63, 3.8) is 0 Å². The van der Waals surface area contributed by atoms with Gasteiger partial charge < -0.3 is 15.4 Å². The number of rotatable bonds is 11. The summed E-state index contributed by atoms with van der Waals surface area (Å²) in [4.78, 5) is 4.52. The molecule has 0 saturated heterocycles. The molecule has 2 rings (SSSR count). The minimum Gasteiger partial charge on any atom is -0.383 e. The Bertz CT molecular complexity index is 720. The van der Waals surface area contributed by atoms with Gasteiger partial charge in [-0.3, -0.25) is 4.99 Å². The lowest BCUT2D eigenvalue weighted by molar-refractivity contribution is 0.204. The summed E-state index contributed by atoms with van der Waals surface area (Å²) in [5.41, 5.74) is 0.992. The maximum atomic E-state index is 12.2. The molecule has 1 saturated carbocycles. The average Bonchev–Trinajstić information content (AvgIpc) is 2.74. The molecule has 172 valence electrons. The first-order valence-electron chi connectivity index (χ1n) is 10.6. The highest BCUT2D eigenvalue weighted by Gasteiger charge is 2.14. The molecule has 0 aromatic heterocycles. The van der Waals surface area contributed by atoms with Crippen molar-refractivity contribution in [2.24, 2.45) is 10.9 Å². The Balaban J connectivity index is 0.00000450. The minimum absolute atomic E-state index is 0. The number of guanidine groups is 1. The van der Waals surface area contributed by atoms with Crippen molar-refractivity contribution in [2.75, 3.05) is 33.9 Å². The fourth-order valence-electron chi connectivity index (χ4n) is 3.63. The van der Waals surface area contributed by atoms with E-state index in [4.69, 9.17) is 4.74 Å². The van der Waals surface area contributed by atoms with Crippen molar-refractivity contribution >= 4 is 40.0 Å². The summed E-state index contributed by atoms with van der Waals surface area (Å²) in [7, 11) is -0.197. The van der Waals surface area contributed by atoms with E-state index in [1.807, 2.05) is 12.1 Å². The number of benzene rings is 1. The predicted molar refractivity (Wildman–Crippen MR) is 133 cm³/mol. The number of nitrogens with one attached hydrogen (secondary N) is 3. The molecule has 30 heavy (non-hydrogen) atoms. The van der Waals surface area contributed by atoms with Gasteiger partial charge in [0.15, 0.2) is 5.96 Å². The summed E-state index contributed by atoms with van der Waals surface area (Å²) in [6.07, 6.45) is 9.42. The Morgan fingerprint density at radius 1 is 1.10 bits per heavy atom. The molecule has 0 unspecified atom stereocenters. The van der Waals surface area contributed by atoms with E-state index >= 15 is 0 Å². The lowest BCUT2D eigenvalue weighted by atomic mass is 9.86. The molecule has 0 radical (unpaired) electrons. The summed E-state index contributed by atoms with van der Waals surface area (Å²) >= 11 is 0. The third-order valence-corrected chi connectivity index (χ3v) is 6.80. The van der Waals surface area contributed by atoms with Gasteiger partial charge >= 0.3 is 0 Å². The van der Waals surface area contributed by atoms with Crippen molar-refractivity contribution in [1.82, 2.24) is 15.4 Å². The zero-order valence-corrected chi connectivity index (χ0v) is 21.3. The van der Waals surface area contributed by atoms with Gasteiger partial charge in [0.05, 0.1) is 11.5 Å². The van der Waals surface area contributed by atoms with E-state index in [1.165, 1.54) is 45.6 Å². The number of sulfonamides is 1. The van der Waals surface area contributed by atoms with E-state index in [-0.39, 0.29) is 35.4 Å². The number of ether oxygens (including phenoxy) is 1. The van der Waals surface area contributed by atoms with Crippen LogP contribution < -0.4 is 15.4 Å². The lowest BCUT2D eigenvalue weighted by Gasteiger charge is -2.21. The highest BCUT2D eigenvalue weighted by Crippen LogP contribution is 2.26. The van der Waals surface area contributed by atoms with Gasteiger partial charge in [-0.25, -0.2) is 13.1 Å². The van der Waals surface area contributed by atoms with Crippen LogP contribution in [0.5, 0.6) is 0 Å². The molecule has 1 aliphatic rings. The van der Waals surface area contributed by atoms with Gasteiger partial charge in [0, 0.05) is 33.8 Å². The van der Waals surface area contributed by atoms with E-state index in [1.54, 1.807) is 19.2 Å². The van der Waals surface area contributed by atoms with Crippen molar-refractivity contribution in [1.29, 1.82) is 0 Å². The summed E-state index contributed by atoms with van der Waals surface area (Å²) in [5.74, 6) is 1.67. The number of hydrogen-bond donors (Lipinski definition) is 3. The number of halogens is 1. The second-order valence-corrected chi connectivity index (χ2v) is 9.30. The number of hydrogen-bond acceptors (Lipinski definition) is 4. The smallest absolute Gasteiger partial charge is 0.240 e. The monoisotopic (exact) mass is 552 g/mol. The Morgan fingerprint density at radius 3 is 2.43 bits per heavy atom.